The molecule has 8 nitrogen and oxygen atoms in total. The zero-order chi connectivity index (χ0) is 22.9. The molecule has 2 amide bonds. The van der Waals surface area contributed by atoms with Crippen LogP contribution in [0.4, 0.5) is 5.69 Å². The summed E-state index contributed by atoms with van der Waals surface area (Å²) in [7, 11) is 0. The molecular weight excluding hydrogens is 412 g/mol. The van der Waals surface area contributed by atoms with Crippen LogP contribution in [0, 0.1) is 0 Å². The lowest BCUT2D eigenvalue weighted by Crippen LogP contribution is -2.31. The first-order valence-electron chi connectivity index (χ1n) is 9.76. The Labute approximate surface area is 184 Å². The van der Waals surface area contributed by atoms with Gasteiger partial charge in [0.25, 0.3) is 5.91 Å². The van der Waals surface area contributed by atoms with Crippen LogP contribution in [0.5, 0.6) is 17.2 Å². The molecule has 0 fully saturated rings. The van der Waals surface area contributed by atoms with E-state index in [0.717, 1.165) is 0 Å². The maximum atomic E-state index is 12.2. The van der Waals surface area contributed by atoms with Crippen molar-refractivity contribution in [2.75, 3.05) is 11.9 Å². The van der Waals surface area contributed by atoms with E-state index in [9.17, 15) is 14.4 Å². The number of nitrogens with one attached hydrogen (secondary N) is 1. The van der Waals surface area contributed by atoms with E-state index in [4.69, 9.17) is 19.9 Å². The van der Waals surface area contributed by atoms with Crippen molar-refractivity contribution in [1.82, 2.24) is 0 Å². The summed E-state index contributed by atoms with van der Waals surface area (Å²) in [5, 5.41) is 2.59. The Morgan fingerprint density at radius 1 is 0.844 bits per heavy atom. The van der Waals surface area contributed by atoms with Gasteiger partial charge in [-0.05, 0) is 67.6 Å². The fourth-order valence-corrected chi connectivity index (χ4v) is 2.62. The molecule has 0 heterocycles. The molecule has 3 N–H and O–H groups in total. The third-order valence-corrected chi connectivity index (χ3v) is 4.27. The SMILES string of the molecule is CC(OC(=O)COc1ccc(Oc2ccccc2)cc1)C(=O)Nc1ccc(C(N)=O)cc1. The van der Waals surface area contributed by atoms with Crippen molar-refractivity contribution in [3.8, 4) is 17.2 Å². The van der Waals surface area contributed by atoms with Gasteiger partial charge in [-0.15, -0.1) is 0 Å². The Morgan fingerprint density at radius 3 is 2.06 bits per heavy atom. The van der Waals surface area contributed by atoms with Crippen LogP contribution in [0.2, 0.25) is 0 Å². The smallest absolute Gasteiger partial charge is 0.344 e. The van der Waals surface area contributed by atoms with Crippen molar-refractivity contribution < 1.29 is 28.6 Å². The lowest BCUT2D eigenvalue weighted by Gasteiger charge is -2.14. The Morgan fingerprint density at radius 2 is 1.44 bits per heavy atom. The van der Waals surface area contributed by atoms with E-state index in [-0.39, 0.29) is 6.61 Å². The molecule has 8 heteroatoms. The third-order valence-electron chi connectivity index (χ3n) is 4.27. The molecule has 0 aliphatic carbocycles. The van der Waals surface area contributed by atoms with Gasteiger partial charge in [-0.1, -0.05) is 18.2 Å². The summed E-state index contributed by atoms with van der Waals surface area (Å²) in [4.78, 5) is 35.3. The van der Waals surface area contributed by atoms with Crippen LogP contribution in [-0.4, -0.2) is 30.5 Å². The number of nitrogens with two attached hydrogens (primary N) is 1. The zero-order valence-corrected chi connectivity index (χ0v) is 17.3. The molecule has 3 aromatic rings. The molecule has 3 aromatic carbocycles. The van der Waals surface area contributed by atoms with E-state index in [1.165, 1.54) is 31.2 Å². The number of amides is 2. The van der Waals surface area contributed by atoms with Gasteiger partial charge in [0.05, 0.1) is 0 Å². The number of hydrogen-bond donors (Lipinski definition) is 2. The number of esters is 1. The van der Waals surface area contributed by atoms with E-state index >= 15 is 0 Å². The second kappa shape index (κ2) is 10.6. The average molecular weight is 434 g/mol. The molecule has 0 bridgehead atoms. The normalized spacial score (nSPS) is 11.2. The minimum absolute atomic E-state index is 0.319. The van der Waals surface area contributed by atoms with Crippen LogP contribution in [0.1, 0.15) is 17.3 Å². The van der Waals surface area contributed by atoms with Gasteiger partial charge in [-0.2, -0.15) is 0 Å². The first kappa shape index (κ1) is 22.4. The summed E-state index contributed by atoms with van der Waals surface area (Å²) in [6.07, 6.45) is -1.04. The predicted molar refractivity (Wildman–Crippen MR) is 118 cm³/mol. The summed E-state index contributed by atoms with van der Waals surface area (Å²) in [6.45, 7) is 1.09. The molecule has 0 spiro atoms. The fraction of sp³-hybridized carbons (Fsp3) is 0.125. The molecule has 0 saturated heterocycles. The van der Waals surface area contributed by atoms with Gasteiger partial charge in [0.2, 0.25) is 5.91 Å². The molecule has 1 atom stereocenters. The highest BCUT2D eigenvalue weighted by Crippen LogP contribution is 2.23. The number of anilines is 1. The van der Waals surface area contributed by atoms with Gasteiger partial charge in [0, 0.05) is 11.3 Å². The van der Waals surface area contributed by atoms with E-state index in [1.54, 1.807) is 24.3 Å². The van der Waals surface area contributed by atoms with Crippen molar-refractivity contribution in [1.29, 1.82) is 0 Å². The van der Waals surface area contributed by atoms with E-state index in [0.29, 0.717) is 28.5 Å². The van der Waals surface area contributed by atoms with Crippen LogP contribution in [0.15, 0.2) is 78.9 Å². The van der Waals surface area contributed by atoms with Gasteiger partial charge in [-0.25, -0.2) is 4.79 Å². The standard InChI is InChI=1S/C24H22N2O6/c1-16(24(29)26-18-9-7-17(8-10-18)23(25)28)31-22(27)15-30-19-11-13-21(14-12-19)32-20-5-3-2-4-6-20/h2-14,16H,15H2,1H3,(H2,25,28)(H,26,29). The summed E-state index contributed by atoms with van der Waals surface area (Å²) in [5.41, 5.74) is 5.94. The molecule has 0 aliphatic heterocycles. The molecule has 0 aliphatic rings. The maximum absolute atomic E-state index is 12.2. The minimum atomic E-state index is -1.04. The van der Waals surface area contributed by atoms with Crippen molar-refractivity contribution in [3.63, 3.8) is 0 Å². The lowest BCUT2D eigenvalue weighted by molar-refractivity contribution is -0.155. The van der Waals surface area contributed by atoms with E-state index in [2.05, 4.69) is 5.32 Å². The molecule has 1 unspecified atom stereocenters. The van der Waals surface area contributed by atoms with Crippen molar-refractivity contribution in [3.05, 3.63) is 84.4 Å². The summed E-state index contributed by atoms with van der Waals surface area (Å²) >= 11 is 0. The lowest BCUT2D eigenvalue weighted by atomic mass is 10.2. The second-order valence-electron chi connectivity index (χ2n) is 6.74. The average Bonchev–Trinajstić information content (AvgIpc) is 2.79. The molecule has 0 radical (unpaired) electrons. The van der Waals surface area contributed by atoms with Crippen molar-refractivity contribution >= 4 is 23.5 Å². The van der Waals surface area contributed by atoms with Crippen LogP contribution < -0.4 is 20.5 Å². The molecule has 164 valence electrons. The Kier molecular flexibility index (Phi) is 7.42. The molecule has 32 heavy (non-hydrogen) atoms. The maximum Gasteiger partial charge on any atom is 0.344 e. The van der Waals surface area contributed by atoms with Crippen LogP contribution in [0.25, 0.3) is 0 Å². The summed E-state index contributed by atoms with van der Waals surface area (Å²) < 4.78 is 16.2. The fourth-order valence-electron chi connectivity index (χ4n) is 2.62. The zero-order valence-electron chi connectivity index (χ0n) is 17.3. The third kappa shape index (κ3) is 6.60. The number of rotatable bonds is 9. The second-order valence-corrected chi connectivity index (χ2v) is 6.74. The van der Waals surface area contributed by atoms with E-state index < -0.39 is 23.9 Å². The van der Waals surface area contributed by atoms with Crippen LogP contribution in [-0.2, 0) is 14.3 Å². The first-order chi connectivity index (χ1) is 15.4. The number of hydrogen-bond acceptors (Lipinski definition) is 6. The number of primary amides is 1. The minimum Gasteiger partial charge on any atom is -0.482 e. The first-order valence-corrected chi connectivity index (χ1v) is 9.76. The highest BCUT2D eigenvalue weighted by Gasteiger charge is 2.18. The number of ether oxygens (including phenoxy) is 3. The van der Waals surface area contributed by atoms with Crippen molar-refractivity contribution in [2.24, 2.45) is 5.73 Å². The number of carbonyl (C=O) groups excluding carboxylic acids is 3. The Balaban J connectivity index is 1.43. The van der Waals surface area contributed by atoms with Crippen LogP contribution in [0.3, 0.4) is 0 Å². The van der Waals surface area contributed by atoms with Gasteiger partial charge >= 0.3 is 5.97 Å². The van der Waals surface area contributed by atoms with Crippen LogP contribution >= 0.6 is 0 Å². The largest absolute Gasteiger partial charge is 0.482 e. The number of carbonyl (C=O) groups is 3. The molecule has 0 saturated carbocycles. The number of para-hydroxylation sites is 1. The Bertz CT molecular complexity index is 1070. The molecule has 3 rings (SSSR count). The highest BCUT2D eigenvalue weighted by molar-refractivity contribution is 5.96. The highest BCUT2D eigenvalue weighted by atomic mass is 16.6. The summed E-state index contributed by atoms with van der Waals surface area (Å²) in [6, 6.07) is 22.1. The topological polar surface area (TPSA) is 117 Å². The summed E-state index contributed by atoms with van der Waals surface area (Å²) in [5.74, 6) is 0.00701. The predicted octanol–water partition coefficient (Wildman–Crippen LogP) is 3.53. The quantitative estimate of drug-likeness (QED) is 0.498. The van der Waals surface area contributed by atoms with Gasteiger partial charge in [0.15, 0.2) is 12.7 Å². The number of benzene rings is 3. The Hall–Kier alpha value is -4.33. The van der Waals surface area contributed by atoms with Crippen molar-refractivity contribution in [2.45, 2.75) is 13.0 Å². The van der Waals surface area contributed by atoms with E-state index in [1.807, 2.05) is 30.3 Å². The molecular formula is C24H22N2O6. The van der Waals surface area contributed by atoms with Gasteiger partial charge < -0.3 is 25.3 Å². The monoisotopic (exact) mass is 434 g/mol. The van der Waals surface area contributed by atoms with Gasteiger partial charge in [0.1, 0.15) is 17.2 Å². The molecule has 0 aromatic heterocycles. The van der Waals surface area contributed by atoms with Gasteiger partial charge in [-0.3, -0.25) is 9.59 Å².